The second-order valence-corrected chi connectivity index (χ2v) is 5.29. The molecule has 0 aromatic heterocycles. The topological polar surface area (TPSA) is 33.6 Å². The molecule has 1 N–H and O–H groups in total. The minimum absolute atomic E-state index is 0.0995. The second-order valence-electron chi connectivity index (χ2n) is 4.85. The first-order valence-electron chi connectivity index (χ1n) is 6.52. The Morgan fingerprint density at radius 2 is 2.28 bits per heavy atom. The Morgan fingerprint density at radius 1 is 1.33 bits per heavy atom. The van der Waals surface area contributed by atoms with Crippen molar-refractivity contribution in [3.05, 3.63) is 34.9 Å². The molecule has 1 fully saturated rings. The van der Waals surface area contributed by atoms with Crippen molar-refractivity contribution < 1.29 is 4.74 Å². The minimum Gasteiger partial charge on any atom is -0.477 e. The third kappa shape index (κ3) is 2.52. The van der Waals surface area contributed by atoms with Gasteiger partial charge in [-0.15, -0.1) is 0 Å². The largest absolute Gasteiger partial charge is 0.477 e. The zero-order valence-corrected chi connectivity index (χ0v) is 11.0. The van der Waals surface area contributed by atoms with Crippen molar-refractivity contribution in [1.82, 2.24) is 5.32 Å². The average molecular weight is 265 g/mol. The van der Waals surface area contributed by atoms with Gasteiger partial charge in [0.15, 0.2) is 0 Å². The summed E-state index contributed by atoms with van der Waals surface area (Å²) in [7, 11) is 0. The number of nitrogens with zero attached hydrogens (tertiary/aromatic N) is 1. The van der Waals surface area contributed by atoms with Crippen molar-refractivity contribution in [2.45, 2.75) is 31.3 Å². The molecule has 4 heteroatoms. The van der Waals surface area contributed by atoms with E-state index in [-0.39, 0.29) is 6.04 Å². The Labute approximate surface area is 112 Å². The molecule has 1 saturated heterocycles. The van der Waals surface area contributed by atoms with Crippen LogP contribution in [0.3, 0.4) is 0 Å². The van der Waals surface area contributed by atoms with Gasteiger partial charge < -0.3 is 10.1 Å². The normalized spacial score (nSPS) is 27.7. The van der Waals surface area contributed by atoms with Gasteiger partial charge in [0.1, 0.15) is 12.6 Å². The molecule has 1 aromatic carbocycles. The summed E-state index contributed by atoms with van der Waals surface area (Å²) in [5.41, 5.74) is 1.13. The fourth-order valence-corrected chi connectivity index (χ4v) is 2.73. The lowest BCUT2D eigenvalue weighted by molar-refractivity contribution is 0.293. The van der Waals surface area contributed by atoms with Crippen LogP contribution in [0.2, 0.25) is 5.02 Å². The predicted octanol–water partition coefficient (Wildman–Crippen LogP) is 2.95. The molecule has 2 unspecified atom stereocenters. The summed E-state index contributed by atoms with van der Waals surface area (Å²) >= 11 is 6.01. The predicted molar refractivity (Wildman–Crippen MR) is 73.2 cm³/mol. The van der Waals surface area contributed by atoms with Gasteiger partial charge in [0.05, 0.1) is 6.04 Å². The van der Waals surface area contributed by atoms with Crippen LogP contribution in [0.4, 0.5) is 0 Å². The molecule has 0 saturated carbocycles. The molecule has 2 aliphatic heterocycles. The van der Waals surface area contributed by atoms with Crippen LogP contribution in [0.5, 0.6) is 0 Å². The van der Waals surface area contributed by atoms with Gasteiger partial charge in [-0.05, 0) is 37.1 Å². The van der Waals surface area contributed by atoms with Crippen LogP contribution in [-0.2, 0) is 4.74 Å². The number of ether oxygens (including phenoxy) is 1. The van der Waals surface area contributed by atoms with Crippen molar-refractivity contribution in [1.29, 1.82) is 0 Å². The monoisotopic (exact) mass is 264 g/mol. The number of nitrogens with one attached hydrogen (secondary N) is 1. The number of rotatable bonds is 2. The van der Waals surface area contributed by atoms with Gasteiger partial charge in [-0.3, -0.25) is 0 Å². The molecule has 96 valence electrons. The van der Waals surface area contributed by atoms with Crippen molar-refractivity contribution in [2.24, 2.45) is 4.99 Å². The number of hydrogen-bond donors (Lipinski definition) is 1. The van der Waals surface area contributed by atoms with E-state index in [1.54, 1.807) is 0 Å². The van der Waals surface area contributed by atoms with Gasteiger partial charge in [-0.1, -0.05) is 30.2 Å². The molecule has 0 amide bonds. The quantitative estimate of drug-likeness (QED) is 0.891. The number of aliphatic imine (C=N–C) groups is 1. The maximum atomic E-state index is 6.01. The van der Waals surface area contributed by atoms with Gasteiger partial charge in [-0.25, -0.2) is 4.99 Å². The van der Waals surface area contributed by atoms with Crippen LogP contribution in [0.1, 0.15) is 30.9 Å². The van der Waals surface area contributed by atoms with Crippen LogP contribution in [-0.4, -0.2) is 25.1 Å². The fraction of sp³-hybridized carbons (Fsp3) is 0.500. The van der Waals surface area contributed by atoms with Crippen molar-refractivity contribution in [3.8, 4) is 0 Å². The summed E-state index contributed by atoms with van der Waals surface area (Å²) < 4.78 is 5.74. The first kappa shape index (κ1) is 12.0. The lowest BCUT2D eigenvalue weighted by Gasteiger charge is -2.22. The molecule has 18 heavy (non-hydrogen) atoms. The number of hydrogen-bond acceptors (Lipinski definition) is 3. The summed E-state index contributed by atoms with van der Waals surface area (Å²) in [4.78, 5) is 4.70. The highest BCUT2D eigenvalue weighted by Crippen LogP contribution is 2.27. The van der Waals surface area contributed by atoms with E-state index in [4.69, 9.17) is 21.3 Å². The highest BCUT2D eigenvalue weighted by molar-refractivity contribution is 6.30. The maximum Gasteiger partial charge on any atom is 0.201 e. The van der Waals surface area contributed by atoms with E-state index in [1.807, 2.05) is 18.2 Å². The Morgan fingerprint density at radius 3 is 3.06 bits per heavy atom. The van der Waals surface area contributed by atoms with E-state index in [1.165, 1.54) is 12.8 Å². The van der Waals surface area contributed by atoms with Crippen LogP contribution < -0.4 is 5.32 Å². The molecule has 0 bridgehead atoms. The van der Waals surface area contributed by atoms with Crippen LogP contribution in [0.15, 0.2) is 29.3 Å². The van der Waals surface area contributed by atoms with Crippen LogP contribution in [0.25, 0.3) is 0 Å². The molecule has 0 radical (unpaired) electrons. The highest BCUT2D eigenvalue weighted by atomic mass is 35.5. The summed E-state index contributed by atoms with van der Waals surface area (Å²) in [6.45, 7) is 1.70. The van der Waals surface area contributed by atoms with E-state index in [0.717, 1.165) is 29.4 Å². The molecule has 3 nitrogen and oxygen atoms in total. The van der Waals surface area contributed by atoms with Crippen LogP contribution in [0, 0.1) is 0 Å². The van der Waals surface area contributed by atoms with Crippen molar-refractivity contribution >= 4 is 17.5 Å². The van der Waals surface area contributed by atoms with Gasteiger partial charge in [0.25, 0.3) is 0 Å². The van der Waals surface area contributed by atoms with Crippen molar-refractivity contribution in [2.75, 3.05) is 13.2 Å². The summed E-state index contributed by atoms with van der Waals surface area (Å²) in [6, 6.07) is 8.28. The number of halogens is 1. The first-order valence-corrected chi connectivity index (χ1v) is 6.90. The molecular weight excluding hydrogens is 248 g/mol. The molecule has 0 aliphatic carbocycles. The van der Waals surface area contributed by atoms with Crippen molar-refractivity contribution in [3.63, 3.8) is 0 Å². The van der Waals surface area contributed by atoms with Gasteiger partial charge in [-0.2, -0.15) is 0 Å². The summed E-state index contributed by atoms with van der Waals surface area (Å²) in [5.74, 6) is 0.875. The Bertz CT molecular complexity index is 455. The van der Waals surface area contributed by atoms with E-state index < -0.39 is 0 Å². The number of benzene rings is 1. The zero-order chi connectivity index (χ0) is 12.4. The lowest BCUT2D eigenvalue weighted by atomic mass is 10.1. The molecule has 1 aromatic rings. The molecule has 3 rings (SSSR count). The first-order chi connectivity index (χ1) is 8.83. The second kappa shape index (κ2) is 5.29. The summed E-state index contributed by atoms with van der Waals surface area (Å²) in [6.07, 6.45) is 3.63. The highest BCUT2D eigenvalue weighted by Gasteiger charge is 2.27. The molecular formula is C14H17ClN2O. The smallest absolute Gasteiger partial charge is 0.201 e. The zero-order valence-electron chi connectivity index (χ0n) is 10.2. The molecule has 0 spiro atoms. The fourth-order valence-electron chi connectivity index (χ4n) is 2.53. The van der Waals surface area contributed by atoms with Gasteiger partial charge in [0.2, 0.25) is 5.90 Å². The van der Waals surface area contributed by atoms with E-state index >= 15 is 0 Å². The van der Waals surface area contributed by atoms with Crippen LogP contribution >= 0.6 is 11.6 Å². The Hall–Kier alpha value is -1.06. The molecule has 2 aliphatic rings. The Kier molecular flexibility index (Phi) is 3.52. The third-order valence-corrected chi connectivity index (χ3v) is 3.75. The lowest BCUT2D eigenvalue weighted by Crippen LogP contribution is -2.40. The minimum atomic E-state index is 0.0995. The van der Waals surface area contributed by atoms with E-state index in [0.29, 0.717) is 12.6 Å². The molecule has 2 atom stereocenters. The maximum absolute atomic E-state index is 6.01. The van der Waals surface area contributed by atoms with E-state index in [9.17, 15) is 0 Å². The Balaban J connectivity index is 1.74. The SMILES string of the molecule is Clc1cccc(C2COC(C3CCCCN3)=N2)c1. The summed E-state index contributed by atoms with van der Waals surface area (Å²) in [5, 5.41) is 4.22. The standard InChI is InChI=1S/C14H17ClN2O/c15-11-5-3-4-10(8-11)13-9-18-14(17-13)12-6-1-2-7-16-12/h3-5,8,12-13,16H,1-2,6-7,9H2. The van der Waals surface area contributed by atoms with Gasteiger partial charge >= 0.3 is 0 Å². The van der Waals surface area contributed by atoms with E-state index in [2.05, 4.69) is 11.4 Å². The van der Waals surface area contributed by atoms with Gasteiger partial charge in [0, 0.05) is 5.02 Å². The third-order valence-electron chi connectivity index (χ3n) is 3.51. The average Bonchev–Trinajstić information content (AvgIpc) is 2.89. The molecule has 2 heterocycles. The number of piperidine rings is 1.